The van der Waals surface area contributed by atoms with Gasteiger partial charge in [0.15, 0.2) is 0 Å². The Balaban J connectivity index is 3.46. The van der Waals surface area contributed by atoms with Crippen LogP contribution in [0.4, 0.5) is 0 Å². The van der Waals surface area contributed by atoms with Crippen molar-refractivity contribution in [1.29, 1.82) is 0 Å². The molecule has 7 heavy (non-hydrogen) atoms. The van der Waals surface area contributed by atoms with E-state index in [1.807, 2.05) is 4.40 Å². The summed E-state index contributed by atoms with van der Waals surface area (Å²) in [6, 6.07) is 0. The van der Waals surface area contributed by atoms with Crippen LogP contribution in [0.1, 0.15) is 0 Å². The average molecular weight is 266 g/mol. The second-order valence-corrected chi connectivity index (χ2v) is 1.96. The molecule has 0 aromatic carbocycles. The van der Waals surface area contributed by atoms with Gasteiger partial charge in [-0.3, -0.25) is 0 Å². The van der Waals surface area contributed by atoms with E-state index in [0.717, 1.165) is 0 Å². The first-order valence-electron chi connectivity index (χ1n) is 1.77. The van der Waals surface area contributed by atoms with Gasteiger partial charge in [-0.05, 0) is 0 Å². The zero-order valence-electron chi connectivity index (χ0n) is 3.79. The second kappa shape index (κ2) is 4.01. The fourth-order valence-corrected chi connectivity index (χ4v) is 0.433. The molecule has 0 unspecified atom stereocenters. The van der Waals surface area contributed by atoms with Crippen molar-refractivity contribution in [3.8, 4) is 0 Å². The molecular weight excluding hydrogens is 260 g/mol. The van der Waals surface area contributed by atoms with Gasteiger partial charge in [0.1, 0.15) is 0 Å². The van der Waals surface area contributed by atoms with E-state index >= 15 is 0 Å². The molecule has 0 aliphatic rings. The van der Waals surface area contributed by atoms with Crippen molar-refractivity contribution in [3.05, 3.63) is 24.5 Å². The van der Waals surface area contributed by atoms with Gasteiger partial charge in [0.25, 0.3) is 0 Å². The van der Waals surface area contributed by atoms with Crippen molar-refractivity contribution >= 4 is 4.40 Å². The number of aliphatic hydroxyl groups is 1. The topological polar surface area (TPSA) is 20.2 Å². The monoisotopic (exact) mass is 266 g/mol. The summed E-state index contributed by atoms with van der Waals surface area (Å²) >= 11 is 1.37. The molecule has 0 aromatic rings. The van der Waals surface area contributed by atoms with E-state index in [1.54, 1.807) is 12.2 Å². The molecule has 1 nitrogen and oxygen atoms in total. The Labute approximate surface area is 53.8 Å². The Morgan fingerprint density at radius 3 is 2.43 bits per heavy atom. The molecule has 0 fully saturated rings. The molecule has 0 rings (SSSR count). The van der Waals surface area contributed by atoms with Gasteiger partial charge >= 0.3 is 53.4 Å². The van der Waals surface area contributed by atoms with Crippen molar-refractivity contribution in [2.45, 2.75) is 0 Å². The van der Waals surface area contributed by atoms with Gasteiger partial charge in [-0.25, -0.2) is 0 Å². The zero-order chi connectivity index (χ0) is 5.70. The molecule has 2 heteroatoms. The van der Waals surface area contributed by atoms with E-state index in [2.05, 4.69) is 6.58 Å². The number of aliphatic hydroxyl groups excluding tert-OH is 1. The van der Waals surface area contributed by atoms with Crippen LogP contribution in [0, 0.1) is 0 Å². The van der Waals surface area contributed by atoms with Crippen LogP contribution in [0.3, 0.4) is 0 Å². The molecule has 0 aromatic heterocycles. The minimum atomic E-state index is 0.109. The van der Waals surface area contributed by atoms with Gasteiger partial charge in [0.05, 0.1) is 0 Å². The number of hydrogen-bond acceptors (Lipinski definition) is 1. The van der Waals surface area contributed by atoms with Crippen LogP contribution < -0.4 is 0 Å². The van der Waals surface area contributed by atoms with Crippen molar-refractivity contribution < 1.29 is 24.5 Å². The van der Waals surface area contributed by atoms with Crippen LogP contribution in [0.25, 0.3) is 0 Å². The van der Waals surface area contributed by atoms with Crippen LogP contribution >= 0.6 is 0 Å². The van der Waals surface area contributed by atoms with E-state index in [0.29, 0.717) is 0 Å². The predicted octanol–water partition coefficient (Wildman–Crippen LogP) is 0.963. The molecule has 0 aliphatic heterocycles. The van der Waals surface area contributed by atoms with Gasteiger partial charge in [0, 0.05) is 0 Å². The Kier molecular flexibility index (Phi) is 3.92. The minimum absolute atomic E-state index is 0.109. The predicted molar refractivity (Wildman–Crippen MR) is 27.0 cm³/mol. The van der Waals surface area contributed by atoms with Gasteiger partial charge in [-0.15, -0.1) is 0 Å². The maximum atomic E-state index is 8.39. The molecule has 1 N–H and O–H groups in total. The zero-order valence-corrected chi connectivity index (χ0v) is 6.73. The molecule has 38 valence electrons. The molecule has 0 aliphatic carbocycles. The first-order valence-corrected chi connectivity index (χ1v) is 3.46. The van der Waals surface area contributed by atoms with Crippen molar-refractivity contribution in [2.75, 3.05) is 0 Å². The summed E-state index contributed by atoms with van der Waals surface area (Å²) in [6.07, 6.45) is 3.31. The molecule has 0 radical (unpaired) electrons. The van der Waals surface area contributed by atoms with Crippen molar-refractivity contribution in [1.82, 2.24) is 0 Å². The number of hydrogen-bond donors (Lipinski definition) is 1. The second-order valence-electron chi connectivity index (χ2n) is 0.987. The first-order chi connectivity index (χ1) is 3.27. The third-order valence-electron chi connectivity index (χ3n) is 0.367. The summed E-state index contributed by atoms with van der Waals surface area (Å²) in [5.74, 6) is 0.109. The Morgan fingerprint density at radius 1 is 1.71 bits per heavy atom. The molecule has 0 saturated carbocycles. The molecule has 0 saturated heterocycles. The SMILES string of the molecule is C=C(O)/C=C\[CH]=[W]. The molecular formula is C5H6OW. The average Bonchev–Trinajstić information content (AvgIpc) is 1.61. The van der Waals surface area contributed by atoms with Crippen LogP contribution in [-0.4, -0.2) is 9.51 Å². The third kappa shape index (κ3) is 5.84. The summed E-state index contributed by atoms with van der Waals surface area (Å²) in [5, 5.41) is 8.39. The van der Waals surface area contributed by atoms with Crippen LogP contribution in [0.5, 0.6) is 0 Å². The molecule has 0 atom stereocenters. The third-order valence-corrected chi connectivity index (χ3v) is 0.932. The van der Waals surface area contributed by atoms with E-state index < -0.39 is 0 Å². The first kappa shape index (κ1) is 6.84. The number of rotatable bonds is 2. The van der Waals surface area contributed by atoms with E-state index in [4.69, 9.17) is 5.11 Å². The normalized spacial score (nSPS) is 9.14. The van der Waals surface area contributed by atoms with Crippen molar-refractivity contribution in [2.24, 2.45) is 0 Å². The van der Waals surface area contributed by atoms with Crippen molar-refractivity contribution in [3.63, 3.8) is 0 Å². The molecule has 0 amide bonds. The van der Waals surface area contributed by atoms with E-state index in [9.17, 15) is 0 Å². The van der Waals surface area contributed by atoms with Gasteiger partial charge < -0.3 is 0 Å². The summed E-state index contributed by atoms with van der Waals surface area (Å²) in [6.45, 7) is 3.25. The Bertz CT molecular complexity index is 105. The Hall–Kier alpha value is -0.162. The molecule has 0 spiro atoms. The van der Waals surface area contributed by atoms with E-state index in [1.165, 1.54) is 19.4 Å². The summed E-state index contributed by atoms with van der Waals surface area (Å²) < 4.78 is 1.90. The maximum absolute atomic E-state index is 8.39. The fraction of sp³-hybridized carbons (Fsp3) is 0. The molecule has 0 bridgehead atoms. The standard InChI is InChI=1S/C5H6O.W/c1-3-4-5(2)6;/h1,3-4,6H,2H2;/b4-3-;. The van der Waals surface area contributed by atoms with Crippen LogP contribution in [0.15, 0.2) is 24.5 Å². The van der Waals surface area contributed by atoms with E-state index in [-0.39, 0.29) is 5.76 Å². The van der Waals surface area contributed by atoms with Crippen LogP contribution in [0.2, 0.25) is 0 Å². The summed E-state index contributed by atoms with van der Waals surface area (Å²) in [7, 11) is 0. The van der Waals surface area contributed by atoms with Gasteiger partial charge in [-0.2, -0.15) is 0 Å². The Morgan fingerprint density at radius 2 is 2.29 bits per heavy atom. The summed E-state index contributed by atoms with van der Waals surface area (Å²) in [5.41, 5.74) is 0. The molecule has 0 heterocycles. The number of allylic oxidation sites excluding steroid dienone is 2. The van der Waals surface area contributed by atoms with Crippen LogP contribution in [-0.2, 0) is 19.4 Å². The summed E-state index contributed by atoms with van der Waals surface area (Å²) in [4.78, 5) is 0. The van der Waals surface area contributed by atoms with Gasteiger partial charge in [0.2, 0.25) is 0 Å². The van der Waals surface area contributed by atoms with Gasteiger partial charge in [-0.1, -0.05) is 0 Å². The quantitative estimate of drug-likeness (QED) is 0.583. The fourth-order valence-electron chi connectivity index (χ4n) is 0.150.